The predicted molar refractivity (Wildman–Crippen MR) is 97.4 cm³/mol. The van der Waals surface area contributed by atoms with Gasteiger partial charge in [0.1, 0.15) is 17.2 Å². The molecule has 3 aromatic rings. The first kappa shape index (κ1) is 16.6. The molecule has 0 aliphatic carbocycles. The van der Waals surface area contributed by atoms with Crippen LogP contribution in [0, 0.1) is 5.92 Å². The maximum Gasteiger partial charge on any atom is 0.274 e. The highest BCUT2D eigenvalue weighted by Crippen LogP contribution is 2.30. The standard InChI is InChI=1S/C18H17N3O4S/c1-24-13-3-2-12-6-11(10-25-15(12)7-13)9-19-17(23)14-8-16(22)20-18-21(14)4-5-26-18/h2-5,7-8,11H,6,9-10H2,1H3,(H,19,23). The van der Waals surface area contributed by atoms with Crippen LogP contribution in [0.2, 0.25) is 0 Å². The lowest BCUT2D eigenvalue weighted by Crippen LogP contribution is -2.36. The molecule has 1 unspecified atom stereocenters. The Morgan fingerprint density at radius 3 is 3.19 bits per heavy atom. The Hall–Kier alpha value is -2.87. The van der Waals surface area contributed by atoms with Crippen molar-refractivity contribution in [3.8, 4) is 11.5 Å². The number of hydrogen-bond donors (Lipinski definition) is 1. The Balaban J connectivity index is 1.45. The molecule has 134 valence electrons. The van der Waals surface area contributed by atoms with Gasteiger partial charge in [-0.1, -0.05) is 6.07 Å². The Labute approximate surface area is 153 Å². The monoisotopic (exact) mass is 371 g/mol. The van der Waals surface area contributed by atoms with Crippen molar-refractivity contribution in [1.82, 2.24) is 14.7 Å². The molecule has 2 aromatic heterocycles. The number of ether oxygens (including phenoxy) is 2. The summed E-state index contributed by atoms with van der Waals surface area (Å²) in [4.78, 5) is 28.6. The first-order chi connectivity index (χ1) is 12.6. The van der Waals surface area contributed by atoms with Gasteiger partial charge in [0.15, 0.2) is 4.96 Å². The molecule has 26 heavy (non-hydrogen) atoms. The van der Waals surface area contributed by atoms with E-state index in [0.29, 0.717) is 23.8 Å². The molecule has 0 bridgehead atoms. The lowest BCUT2D eigenvalue weighted by atomic mass is 9.96. The largest absolute Gasteiger partial charge is 0.497 e. The van der Waals surface area contributed by atoms with Crippen LogP contribution in [-0.2, 0) is 6.42 Å². The molecule has 0 radical (unpaired) electrons. The minimum atomic E-state index is -0.415. The van der Waals surface area contributed by atoms with Crippen molar-refractivity contribution in [2.45, 2.75) is 6.42 Å². The maximum atomic E-state index is 12.5. The normalized spacial score (nSPS) is 16.0. The van der Waals surface area contributed by atoms with Gasteiger partial charge in [0.25, 0.3) is 11.5 Å². The van der Waals surface area contributed by atoms with Gasteiger partial charge in [-0.3, -0.25) is 14.0 Å². The lowest BCUT2D eigenvalue weighted by molar-refractivity contribution is 0.0932. The number of fused-ring (bicyclic) bond motifs is 2. The third kappa shape index (κ3) is 3.15. The SMILES string of the molecule is COc1ccc2c(c1)OCC(CNC(=O)c1cc(=O)nc3sccn13)C2. The number of hydrogen-bond acceptors (Lipinski definition) is 6. The summed E-state index contributed by atoms with van der Waals surface area (Å²) in [7, 11) is 1.62. The topological polar surface area (TPSA) is 81.9 Å². The molecule has 0 fully saturated rings. The highest BCUT2D eigenvalue weighted by molar-refractivity contribution is 7.15. The summed E-state index contributed by atoms with van der Waals surface area (Å²) in [5.74, 6) is 1.46. The molecule has 1 atom stereocenters. The average Bonchev–Trinajstić information content (AvgIpc) is 3.13. The molecule has 8 heteroatoms. The number of rotatable bonds is 4. The van der Waals surface area contributed by atoms with Crippen LogP contribution < -0.4 is 20.3 Å². The molecule has 0 spiro atoms. The molecule has 1 N–H and O–H groups in total. The molecule has 3 heterocycles. The van der Waals surface area contributed by atoms with E-state index in [1.807, 2.05) is 18.2 Å². The quantitative estimate of drug-likeness (QED) is 0.756. The fourth-order valence-corrected chi connectivity index (χ4v) is 3.75. The van der Waals surface area contributed by atoms with Crippen molar-refractivity contribution < 1.29 is 14.3 Å². The van der Waals surface area contributed by atoms with Crippen LogP contribution in [0.15, 0.2) is 40.6 Å². The summed E-state index contributed by atoms with van der Waals surface area (Å²) in [5, 5.41) is 4.70. The zero-order valence-electron chi connectivity index (χ0n) is 14.1. The van der Waals surface area contributed by atoms with Crippen LogP contribution in [0.25, 0.3) is 4.96 Å². The smallest absolute Gasteiger partial charge is 0.274 e. The number of benzene rings is 1. The number of nitrogens with one attached hydrogen (secondary N) is 1. The van der Waals surface area contributed by atoms with E-state index in [4.69, 9.17) is 9.47 Å². The maximum absolute atomic E-state index is 12.5. The van der Waals surface area contributed by atoms with Gasteiger partial charge in [0, 0.05) is 36.2 Å². The van der Waals surface area contributed by atoms with Crippen molar-refractivity contribution in [2.24, 2.45) is 5.92 Å². The molecule has 0 saturated heterocycles. The molecule has 1 aliphatic rings. The molecule has 1 amide bonds. The van der Waals surface area contributed by atoms with Gasteiger partial charge >= 0.3 is 0 Å². The van der Waals surface area contributed by atoms with Gasteiger partial charge in [-0.25, -0.2) is 0 Å². The number of aromatic nitrogens is 2. The van der Waals surface area contributed by atoms with Crippen molar-refractivity contribution in [1.29, 1.82) is 0 Å². The molecular formula is C18H17N3O4S. The highest BCUT2D eigenvalue weighted by Gasteiger charge is 2.22. The van der Waals surface area contributed by atoms with E-state index in [0.717, 1.165) is 23.5 Å². The summed E-state index contributed by atoms with van der Waals surface area (Å²) in [5.41, 5.74) is 0.973. The van der Waals surface area contributed by atoms with Crippen LogP contribution >= 0.6 is 11.3 Å². The average molecular weight is 371 g/mol. The van der Waals surface area contributed by atoms with E-state index in [9.17, 15) is 9.59 Å². The predicted octanol–water partition coefficient (Wildman–Crippen LogP) is 1.75. The van der Waals surface area contributed by atoms with Crippen LogP contribution in [0.3, 0.4) is 0 Å². The second-order valence-corrected chi connectivity index (χ2v) is 6.97. The van der Waals surface area contributed by atoms with Crippen molar-refractivity contribution >= 4 is 22.2 Å². The zero-order chi connectivity index (χ0) is 18.1. The van der Waals surface area contributed by atoms with Gasteiger partial charge in [-0.2, -0.15) is 4.98 Å². The van der Waals surface area contributed by atoms with E-state index < -0.39 is 5.56 Å². The lowest BCUT2D eigenvalue weighted by Gasteiger charge is -2.25. The number of thiazole rings is 1. The summed E-state index contributed by atoms with van der Waals surface area (Å²) in [6.07, 6.45) is 2.54. The fourth-order valence-electron chi connectivity index (χ4n) is 3.03. The van der Waals surface area contributed by atoms with Gasteiger partial charge in [-0.15, -0.1) is 11.3 Å². The van der Waals surface area contributed by atoms with Crippen LogP contribution in [0.4, 0.5) is 0 Å². The van der Waals surface area contributed by atoms with Crippen LogP contribution in [-0.4, -0.2) is 35.6 Å². The zero-order valence-corrected chi connectivity index (χ0v) is 14.9. The van der Waals surface area contributed by atoms with Crippen molar-refractivity contribution in [3.63, 3.8) is 0 Å². The fraction of sp³-hybridized carbons (Fsp3) is 0.278. The Bertz CT molecular complexity index is 1030. The Morgan fingerprint density at radius 1 is 1.46 bits per heavy atom. The summed E-state index contributed by atoms with van der Waals surface area (Å²) < 4.78 is 12.6. The molecule has 4 rings (SSSR count). The third-order valence-corrected chi connectivity index (χ3v) is 5.11. The summed E-state index contributed by atoms with van der Waals surface area (Å²) in [6, 6.07) is 7.02. The van der Waals surface area contributed by atoms with Crippen LogP contribution in [0.1, 0.15) is 16.1 Å². The minimum Gasteiger partial charge on any atom is -0.497 e. The van der Waals surface area contributed by atoms with Crippen molar-refractivity contribution in [3.05, 3.63) is 57.5 Å². The Morgan fingerprint density at radius 2 is 2.35 bits per heavy atom. The first-order valence-corrected chi connectivity index (χ1v) is 9.07. The second-order valence-electron chi connectivity index (χ2n) is 6.10. The Kier molecular flexibility index (Phi) is 4.34. The summed E-state index contributed by atoms with van der Waals surface area (Å²) >= 11 is 1.32. The van der Waals surface area contributed by atoms with E-state index >= 15 is 0 Å². The number of amides is 1. The number of carbonyl (C=O) groups is 1. The molecule has 0 saturated carbocycles. The van der Waals surface area contributed by atoms with Gasteiger partial charge in [0.2, 0.25) is 0 Å². The molecule has 7 nitrogen and oxygen atoms in total. The first-order valence-electron chi connectivity index (χ1n) is 8.19. The minimum absolute atomic E-state index is 0.163. The van der Waals surface area contributed by atoms with Crippen LogP contribution in [0.5, 0.6) is 11.5 Å². The van der Waals surface area contributed by atoms with E-state index in [1.165, 1.54) is 17.4 Å². The summed E-state index contributed by atoms with van der Waals surface area (Å²) in [6.45, 7) is 0.984. The molecule has 1 aromatic carbocycles. The number of methoxy groups -OCH3 is 1. The van der Waals surface area contributed by atoms with E-state index in [-0.39, 0.29) is 11.8 Å². The van der Waals surface area contributed by atoms with Gasteiger partial charge in [-0.05, 0) is 18.1 Å². The highest BCUT2D eigenvalue weighted by atomic mass is 32.1. The second kappa shape index (κ2) is 6.80. The molecule has 1 aliphatic heterocycles. The number of nitrogens with zero attached hydrogens (tertiary/aromatic N) is 2. The molecular weight excluding hydrogens is 354 g/mol. The van der Waals surface area contributed by atoms with Crippen molar-refractivity contribution in [2.75, 3.05) is 20.3 Å². The van der Waals surface area contributed by atoms with Gasteiger partial charge in [0.05, 0.1) is 13.7 Å². The third-order valence-electron chi connectivity index (χ3n) is 4.36. The van der Waals surface area contributed by atoms with Gasteiger partial charge < -0.3 is 14.8 Å². The number of carbonyl (C=O) groups excluding carboxylic acids is 1. The van der Waals surface area contributed by atoms with E-state index in [1.54, 1.807) is 23.1 Å². The van der Waals surface area contributed by atoms with E-state index in [2.05, 4.69) is 10.3 Å².